The quantitative estimate of drug-likeness (QED) is 0.248. The fourth-order valence-corrected chi connectivity index (χ4v) is 3.08. The zero-order valence-corrected chi connectivity index (χ0v) is 19.4. The van der Waals surface area contributed by atoms with E-state index in [2.05, 4.69) is 15.8 Å². The van der Waals surface area contributed by atoms with Crippen LogP contribution >= 0.6 is 0 Å². The first kappa shape index (κ1) is 24.8. The molecule has 0 unspecified atom stereocenters. The number of phenols is 1. The van der Waals surface area contributed by atoms with E-state index < -0.39 is 11.8 Å². The lowest BCUT2D eigenvalue weighted by Crippen LogP contribution is -2.32. The number of para-hydroxylation sites is 1. The first-order valence-electron chi connectivity index (χ1n) is 10.5. The molecule has 9 nitrogen and oxygen atoms in total. The second-order valence-corrected chi connectivity index (χ2v) is 7.09. The van der Waals surface area contributed by atoms with Crippen LogP contribution in [0.15, 0.2) is 77.5 Å². The fourth-order valence-electron chi connectivity index (χ4n) is 3.08. The Balaban J connectivity index is 1.88. The summed E-state index contributed by atoms with van der Waals surface area (Å²) in [6.45, 7) is 0. The molecule has 0 bridgehead atoms. The molecule has 0 atom stereocenters. The summed E-state index contributed by atoms with van der Waals surface area (Å²) in [7, 11) is 4.45. The third-order valence-corrected chi connectivity index (χ3v) is 4.87. The molecule has 0 saturated carbocycles. The van der Waals surface area contributed by atoms with Gasteiger partial charge in [-0.15, -0.1) is 0 Å². The number of rotatable bonds is 9. The molecule has 0 heterocycles. The summed E-state index contributed by atoms with van der Waals surface area (Å²) in [4.78, 5) is 25.7. The molecule has 3 N–H and O–H groups in total. The number of carbonyl (C=O) groups is 2. The van der Waals surface area contributed by atoms with Crippen molar-refractivity contribution in [2.45, 2.75) is 0 Å². The molecule has 3 aromatic carbocycles. The summed E-state index contributed by atoms with van der Waals surface area (Å²) in [5.74, 6) is -0.0194. The molecule has 0 fully saturated rings. The van der Waals surface area contributed by atoms with E-state index in [1.54, 1.807) is 66.7 Å². The normalized spacial score (nSPS) is 11.1. The number of methoxy groups -OCH3 is 3. The number of carbonyl (C=O) groups excluding carboxylic acids is 2. The molecule has 0 aliphatic carbocycles. The highest BCUT2D eigenvalue weighted by atomic mass is 16.5. The highest BCUT2D eigenvalue weighted by Crippen LogP contribution is 2.29. The van der Waals surface area contributed by atoms with E-state index in [1.807, 2.05) is 0 Å². The maximum Gasteiger partial charge on any atom is 0.287 e. The first-order valence-corrected chi connectivity index (χ1v) is 10.5. The monoisotopic (exact) mass is 475 g/mol. The van der Waals surface area contributed by atoms with Gasteiger partial charge in [0.15, 0.2) is 23.0 Å². The van der Waals surface area contributed by atoms with E-state index in [0.29, 0.717) is 28.2 Å². The largest absolute Gasteiger partial charge is 0.504 e. The second kappa shape index (κ2) is 11.9. The Kier molecular flexibility index (Phi) is 8.44. The van der Waals surface area contributed by atoms with Crippen LogP contribution in [-0.2, 0) is 4.79 Å². The van der Waals surface area contributed by atoms with Gasteiger partial charge in [0, 0.05) is 11.1 Å². The van der Waals surface area contributed by atoms with E-state index in [1.165, 1.54) is 33.6 Å². The van der Waals surface area contributed by atoms with Gasteiger partial charge >= 0.3 is 0 Å². The number of benzene rings is 3. The van der Waals surface area contributed by atoms with Crippen LogP contribution in [0.3, 0.4) is 0 Å². The Morgan fingerprint density at radius 3 is 2.26 bits per heavy atom. The van der Waals surface area contributed by atoms with Crippen molar-refractivity contribution in [3.05, 3.63) is 89.1 Å². The third kappa shape index (κ3) is 6.38. The van der Waals surface area contributed by atoms with Crippen LogP contribution in [0.4, 0.5) is 0 Å². The van der Waals surface area contributed by atoms with Crippen molar-refractivity contribution >= 4 is 24.1 Å². The fraction of sp³-hybridized carbons (Fsp3) is 0.115. The molecular weight excluding hydrogens is 450 g/mol. The van der Waals surface area contributed by atoms with Crippen molar-refractivity contribution in [2.24, 2.45) is 5.10 Å². The number of phenolic OH excluding ortho intramolecular Hbond substituents is 1. The van der Waals surface area contributed by atoms with Gasteiger partial charge in [-0.1, -0.05) is 30.3 Å². The Bertz CT molecular complexity index is 1260. The molecule has 3 rings (SSSR count). The van der Waals surface area contributed by atoms with E-state index in [9.17, 15) is 14.7 Å². The molecule has 0 aromatic heterocycles. The number of hydrogen-bond acceptors (Lipinski definition) is 7. The third-order valence-electron chi connectivity index (χ3n) is 4.87. The van der Waals surface area contributed by atoms with Crippen molar-refractivity contribution < 1.29 is 28.9 Å². The maximum absolute atomic E-state index is 12.9. The van der Waals surface area contributed by atoms with Crippen molar-refractivity contribution in [1.82, 2.24) is 10.7 Å². The number of hydrogen-bond donors (Lipinski definition) is 3. The van der Waals surface area contributed by atoms with Crippen LogP contribution in [0.1, 0.15) is 21.5 Å². The topological polar surface area (TPSA) is 118 Å². The van der Waals surface area contributed by atoms with Gasteiger partial charge in [0.1, 0.15) is 5.70 Å². The number of ether oxygens (including phenoxy) is 3. The van der Waals surface area contributed by atoms with Gasteiger partial charge in [0.25, 0.3) is 11.8 Å². The highest BCUT2D eigenvalue weighted by Gasteiger charge is 2.15. The van der Waals surface area contributed by atoms with E-state index in [-0.39, 0.29) is 17.2 Å². The van der Waals surface area contributed by atoms with Crippen LogP contribution in [-0.4, -0.2) is 44.5 Å². The molecular formula is C26H25N3O6. The number of amides is 2. The molecule has 0 aliphatic rings. The molecule has 9 heteroatoms. The van der Waals surface area contributed by atoms with Crippen molar-refractivity contribution in [3.8, 4) is 23.0 Å². The lowest BCUT2D eigenvalue weighted by Gasteiger charge is -2.11. The lowest BCUT2D eigenvalue weighted by atomic mass is 10.1. The van der Waals surface area contributed by atoms with Gasteiger partial charge in [0.05, 0.1) is 27.5 Å². The van der Waals surface area contributed by atoms with Gasteiger partial charge in [-0.05, 0) is 48.0 Å². The minimum Gasteiger partial charge on any atom is -0.504 e. The number of aromatic hydroxyl groups is 1. The van der Waals surface area contributed by atoms with Gasteiger partial charge in [-0.25, -0.2) is 5.43 Å². The Hall–Kier alpha value is -4.79. The number of nitrogens with zero attached hydrogens (tertiary/aromatic N) is 1. The second-order valence-electron chi connectivity index (χ2n) is 7.09. The SMILES string of the molecule is COc1ccc(/C=C(/NC(=O)c2ccccc2)C(=O)N/N=C\c2cccc(OC)c2O)cc1OC. The Morgan fingerprint density at radius 1 is 0.857 bits per heavy atom. The summed E-state index contributed by atoms with van der Waals surface area (Å²) in [5.41, 5.74) is 3.60. The van der Waals surface area contributed by atoms with E-state index in [0.717, 1.165) is 0 Å². The zero-order valence-electron chi connectivity index (χ0n) is 19.4. The van der Waals surface area contributed by atoms with Crippen LogP contribution in [0.5, 0.6) is 23.0 Å². The smallest absolute Gasteiger partial charge is 0.287 e. The van der Waals surface area contributed by atoms with Crippen molar-refractivity contribution in [2.75, 3.05) is 21.3 Å². The lowest BCUT2D eigenvalue weighted by molar-refractivity contribution is -0.117. The summed E-state index contributed by atoms with van der Waals surface area (Å²) in [6, 6.07) is 18.4. The van der Waals surface area contributed by atoms with Crippen LogP contribution < -0.4 is 25.0 Å². The summed E-state index contributed by atoms with van der Waals surface area (Å²) < 4.78 is 15.6. The maximum atomic E-state index is 12.9. The van der Waals surface area contributed by atoms with Gasteiger partial charge in [-0.3, -0.25) is 9.59 Å². The van der Waals surface area contributed by atoms with Gasteiger partial charge < -0.3 is 24.6 Å². The minimum absolute atomic E-state index is 0.0573. The highest BCUT2D eigenvalue weighted by molar-refractivity contribution is 6.05. The molecule has 35 heavy (non-hydrogen) atoms. The molecule has 0 radical (unpaired) electrons. The predicted octanol–water partition coefficient (Wildman–Crippen LogP) is 3.34. The number of hydrazone groups is 1. The van der Waals surface area contributed by atoms with Crippen LogP contribution in [0, 0.1) is 0 Å². The van der Waals surface area contributed by atoms with E-state index >= 15 is 0 Å². The minimum atomic E-state index is -0.678. The van der Waals surface area contributed by atoms with Crippen LogP contribution in [0.25, 0.3) is 6.08 Å². The predicted molar refractivity (Wildman–Crippen MR) is 132 cm³/mol. The summed E-state index contributed by atoms with van der Waals surface area (Å²) in [5, 5.41) is 16.7. The van der Waals surface area contributed by atoms with Crippen LogP contribution in [0.2, 0.25) is 0 Å². The molecule has 2 amide bonds. The average molecular weight is 476 g/mol. The van der Waals surface area contributed by atoms with Gasteiger partial charge in [-0.2, -0.15) is 5.10 Å². The van der Waals surface area contributed by atoms with E-state index in [4.69, 9.17) is 14.2 Å². The average Bonchev–Trinajstić information content (AvgIpc) is 2.89. The summed E-state index contributed by atoms with van der Waals surface area (Å²) >= 11 is 0. The van der Waals surface area contributed by atoms with Crippen molar-refractivity contribution in [1.29, 1.82) is 0 Å². The van der Waals surface area contributed by atoms with Gasteiger partial charge in [0.2, 0.25) is 0 Å². The molecule has 0 saturated heterocycles. The molecule has 3 aromatic rings. The standard InChI is InChI=1S/C26H25N3O6/c1-33-21-13-12-17(15-23(21)35-3)14-20(28-25(31)18-8-5-4-6-9-18)26(32)29-27-16-19-10-7-11-22(34-2)24(19)30/h4-16,30H,1-3H3,(H,28,31)(H,29,32)/b20-14+,27-16-. The molecule has 0 aliphatic heterocycles. The molecule has 0 spiro atoms. The Morgan fingerprint density at radius 2 is 1.57 bits per heavy atom. The summed E-state index contributed by atoms with van der Waals surface area (Å²) in [6.07, 6.45) is 2.75. The zero-order chi connectivity index (χ0) is 25.2. The number of nitrogens with one attached hydrogen (secondary N) is 2. The van der Waals surface area contributed by atoms with Crippen molar-refractivity contribution in [3.63, 3.8) is 0 Å². The molecule has 180 valence electrons. The first-order chi connectivity index (χ1) is 17.0. The Labute approximate surface area is 202 Å².